The van der Waals surface area contributed by atoms with Crippen LogP contribution in [0.5, 0.6) is 11.5 Å². The molecular weight excluding hydrogens is 468 g/mol. The second-order valence-corrected chi connectivity index (χ2v) is 7.74. The molecule has 1 saturated heterocycles. The zero-order chi connectivity index (χ0) is 22.5. The fourth-order valence-corrected chi connectivity index (χ4v) is 3.45. The van der Waals surface area contributed by atoms with Crippen molar-refractivity contribution in [2.75, 3.05) is 6.61 Å². The lowest BCUT2D eigenvalue weighted by Crippen LogP contribution is -2.53. The van der Waals surface area contributed by atoms with Gasteiger partial charge in [-0.3, -0.25) is 19.8 Å². The molecular formula is C22H23BrN2O6. The van der Waals surface area contributed by atoms with Crippen LogP contribution in [0.1, 0.15) is 38.5 Å². The van der Waals surface area contributed by atoms with Gasteiger partial charge in [0.05, 0.1) is 30.0 Å². The number of urea groups is 1. The van der Waals surface area contributed by atoms with Gasteiger partial charge in [-0.1, -0.05) is 6.92 Å². The number of imide groups is 2. The van der Waals surface area contributed by atoms with Crippen molar-refractivity contribution >= 4 is 39.9 Å². The molecule has 1 N–H and O–H groups in total. The van der Waals surface area contributed by atoms with Crippen LogP contribution in [0, 0.1) is 0 Å². The van der Waals surface area contributed by atoms with Crippen LogP contribution in [0.3, 0.4) is 0 Å². The molecule has 0 radical (unpaired) electrons. The van der Waals surface area contributed by atoms with Crippen LogP contribution in [0.4, 0.5) is 4.79 Å². The molecule has 3 rings (SSSR count). The van der Waals surface area contributed by atoms with Gasteiger partial charge in [-0.2, -0.15) is 0 Å². The fourth-order valence-electron chi connectivity index (χ4n) is 2.90. The maximum absolute atomic E-state index is 12.9. The number of barbiturate groups is 1. The van der Waals surface area contributed by atoms with E-state index in [1.165, 1.54) is 12.3 Å². The van der Waals surface area contributed by atoms with Crippen LogP contribution >= 0.6 is 15.9 Å². The van der Waals surface area contributed by atoms with Gasteiger partial charge in [-0.15, -0.1) is 0 Å². The predicted octanol–water partition coefficient (Wildman–Crippen LogP) is 4.28. The Morgan fingerprint density at radius 3 is 2.68 bits per heavy atom. The largest absolute Gasteiger partial charge is 0.490 e. The third-order valence-electron chi connectivity index (χ3n) is 4.62. The molecule has 1 aromatic heterocycles. The van der Waals surface area contributed by atoms with Crippen molar-refractivity contribution in [3.05, 3.63) is 51.9 Å². The maximum atomic E-state index is 12.9. The van der Waals surface area contributed by atoms with Crippen LogP contribution in [-0.4, -0.2) is 35.5 Å². The standard InChI is InChI=1S/C22H23BrN2O6/c1-4-13(3)31-19-17(23)10-14(11-18(19)29-5-2)9-16-20(26)24-22(28)25(21(16)27)12-15-7-6-8-30-15/h6-11,13H,4-5,12H2,1-3H3,(H,24,26,28)/b16-9+/t13-/m0/s1. The predicted molar refractivity (Wildman–Crippen MR) is 116 cm³/mol. The zero-order valence-electron chi connectivity index (χ0n) is 17.4. The molecule has 1 atom stereocenters. The number of hydrogen-bond acceptors (Lipinski definition) is 6. The lowest BCUT2D eigenvalue weighted by Gasteiger charge is -2.25. The average molecular weight is 491 g/mol. The van der Waals surface area contributed by atoms with Crippen LogP contribution in [0.25, 0.3) is 6.08 Å². The molecule has 0 spiro atoms. The quantitative estimate of drug-likeness (QED) is 0.437. The SMILES string of the molecule is CCOc1cc(/C=C2\C(=O)NC(=O)N(Cc3ccco3)C2=O)cc(Br)c1O[C@@H](C)CC. The molecule has 8 nitrogen and oxygen atoms in total. The number of nitrogens with zero attached hydrogens (tertiary/aromatic N) is 1. The minimum Gasteiger partial charge on any atom is -0.490 e. The van der Waals surface area contributed by atoms with Gasteiger partial charge in [0.2, 0.25) is 0 Å². The van der Waals surface area contributed by atoms with Crippen molar-refractivity contribution in [1.82, 2.24) is 10.2 Å². The van der Waals surface area contributed by atoms with Crippen molar-refractivity contribution in [3.8, 4) is 11.5 Å². The van der Waals surface area contributed by atoms with Gasteiger partial charge in [0.15, 0.2) is 11.5 Å². The van der Waals surface area contributed by atoms with E-state index in [9.17, 15) is 14.4 Å². The molecule has 31 heavy (non-hydrogen) atoms. The molecule has 1 aromatic carbocycles. The van der Waals surface area contributed by atoms with Crippen LogP contribution in [0.15, 0.2) is 45.0 Å². The highest BCUT2D eigenvalue weighted by Crippen LogP contribution is 2.38. The molecule has 0 aliphatic carbocycles. The Bertz CT molecular complexity index is 1020. The molecule has 9 heteroatoms. The van der Waals surface area contributed by atoms with Gasteiger partial charge < -0.3 is 13.9 Å². The number of halogens is 1. The van der Waals surface area contributed by atoms with E-state index in [1.807, 2.05) is 20.8 Å². The molecule has 1 aliphatic heterocycles. The summed E-state index contributed by atoms with van der Waals surface area (Å²) in [4.78, 5) is 38.4. The number of benzene rings is 1. The molecule has 1 fully saturated rings. The monoisotopic (exact) mass is 490 g/mol. The zero-order valence-corrected chi connectivity index (χ0v) is 19.0. The third kappa shape index (κ3) is 5.16. The summed E-state index contributed by atoms with van der Waals surface area (Å²) in [7, 11) is 0. The Labute approximate surface area is 188 Å². The second kappa shape index (κ2) is 9.82. The summed E-state index contributed by atoms with van der Waals surface area (Å²) in [5.74, 6) is -0.0207. The van der Waals surface area contributed by atoms with Crippen molar-refractivity contribution in [2.45, 2.75) is 39.8 Å². The van der Waals surface area contributed by atoms with E-state index < -0.39 is 17.8 Å². The number of rotatable bonds is 8. The van der Waals surface area contributed by atoms with Crippen molar-refractivity contribution < 1.29 is 28.3 Å². The summed E-state index contributed by atoms with van der Waals surface area (Å²) in [6.45, 7) is 6.14. The summed E-state index contributed by atoms with van der Waals surface area (Å²) in [5.41, 5.74) is 0.369. The van der Waals surface area contributed by atoms with Crippen LogP contribution in [-0.2, 0) is 16.1 Å². The first-order valence-electron chi connectivity index (χ1n) is 9.88. The van der Waals surface area contributed by atoms with Gasteiger partial charge in [-0.25, -0.2) is 4.79 Å². The van der Waals surface area contributed by atoms with E-state index >= 15 is 0 Å². The number of ether oxygens (including phenoxy) is 2. The van der Waals surface area contributed by atoms with Gasteiger partial charge in [-0.05, 0) is 72.1 Å². The summed E-state index contributed by atoms with van der Waals surface area (Å²) in [6.07, 6.45) is 3.66. The molecule has 1 aliphatic rings. The third-order valence-corrected chi connectivity index (χ3v) is 5.21. The van der Waals surface area contributed by atoms with Gasteiger partial charge >= 0.3 is 6.03 Å². The van der Waals surface area contributed by atoms with E-state index in [4.69, 9.17) is 13.9 Å². The Kier molecular flexibility index (Phi) is 7.17. The number of hydrogen-bond donors (Lipinski definition) is 1. The molecule has 164 valence electrons. The highest BCUT2D eigenvalue weighted by molar-refractivity contribution is 9.10. The van der Waals surface area contributed by atoms with E-state index in [-0.39, 0.29) is 18.2 Å². The van der Waals surface area contributed by atoms with E-state index in [1.54, 1.807) is 24.3 Å². The van der Waals surface area contributed by atoms with Gasteiger partial charge in [0, 0.05) is 0 Å². The Morgan fingerprint density at radius 1 is 1.26 bits per heavy atom. The molecule has 2 aromatic rings. The summed E-state index contributed by atoms with van der Waals surface area (Å²) in [5, 5.41) is 2.19. The summed E-state index contributed by atoms with van der Waals surface area (Å²) >= 11 is 3.49. The summed E-state index contributed by atoms with van der Waals surface area (Å²) in [6, 6.07) is 5.91. The first-order valence-corrected chi connectivity index (χ1v) is 10.7. The number of amides is 4. The minimum atomic E-state index is -0.794. The van der Waals surface area contributed by atoms with Crippen molar-refractivity contribution in [3.63, 3.8) is 0 Å². The highest BCUT2D eigenvalue weighted by Gasteiger charge is 2.36. The normalized spacial score (nSPS) is 16.5. The molecule has 0 saturated carbocycles. The number of carbonyl (C=O) groups excluding carboxylic acids is 3. The highest BCUT2D eigenvalue weighted by atomic mass is 79.9. The lowest BCUT2D eigenvalue weighted by molar-refractivity contribution is -0.130. The fraction of sp³-hybridized carbons (Fsp3) is 0.318. The molecule has 0 bridgehead atoms. The van der Waals surface area contributed by atoms with E-state index in [0.29, 0.717) is 33.9 Å². The Morgan fingerprint density at radius 2 is 2.03 bits per heavy atom. The van der Waals surface area contributed by atoms with Gasteiger partial charge in [0.1, 0.15) is 11.3 Å². The van der Waals surface area contributed by atoms with Crippen LogP contribution in [0.2, 0.25) is 0 Å². The van der Waals surface area contributed by atoms with Gasteiger partial charge in [0.25, 0.3) is 11.8 Å². The number of nitrogens with one attached hydrogen (secondary N) is 1. The lowest BCUT2D eigenvalue weighted by atomic mass is 10.1. The van der Waals surface area contributed by atoms with Crippen molar-refractivity contribution in [2.24, 2.45) is 0 Å². The molecule has 2 heterocycles. The number of carbonyl (C=O) groups is 3. The Balaban J connectivity index is 1.95. The summed E-state index contributed by atoms with van der Waals surface area (Å²) < 4.78 is 17.5. The smallest absolute Gasteiger partial charge is 0.331 e. The van der Waals surface area contributed by atoms with Crippen LogP contribution < -0.4 is 14.8 Å². The minimum absolute atomic E-state index is 0.0217. The van der Waals surface area contributed by atoms with Crippen molar-refractivity contribution in [1.29, 1.82) is 0 Å². The topological polar surface area (TPSA) is 98.1 Å². The molecule has 0 unspecified atom stereocenters. The van der Waals surface area contributed by atoms with E-state index in [0.717, 1.165) is 11.3 Å². The second-order valence-electron chi connectivity index (χ2n) is 6.89. The molecule has 4 amide bonds. The average Bonchev–Trinajstić information content (AvgIpc) is 3.24. The first kappa shape index (κ1) is 22.6. The maximum Gasteiger partial charge on any atom is 0.331 e. The van der Waals surface area contributed by atoms with E-state index in [2.05, 4.69) is 21.2 Å². The number of furan rings is 1. The first-order chi connectivity index (χ1) is 14.8. The Hall–Kier alpha value is -3.07.